The monoisotopic (exact) mass is 220 g/mol. The Hall–Kier alpha value is -1.22. The average Bonchev–Trinajstić information content (AvgIpc) is 2.66. The van der Waals surface area contributed by atoms with Gasteiger partial charge in [0.15, 0.2) is 11.5 Å². The summed E-state index contributed by atoms with van der Waals surface area (Å²) in [6.45, 7) is 0.0453. The Labute approximate surface area is 95.0 Å². The summed E-state index contributed by atoms with van der Waals surface area (Å²) in [5.74, 6) is 1.20. The zero-order valence-electron chi connectivity index (χ0n) is 9.24. The van der Waals surface area contributed by atoms with Crippen molar-refractivity contribution in [3.63, 3.8) is 0 Å². The van der Waals surface area contributed by atoms with Crippen LogP contribution in [0.15, 0.2) is 18.2 Å². The molecular weight excluding hydrogens is 204 g/mol. The van der Waals surface area contributed by atoms with E-state index >= 15 is 0 Å². The van der Waals surface area contributed by atoms with Crippen LogP contribution in [0.5, 0.6) is 11.5 Å². The molecule has 3 heteroatoms. The van der Waals surface area contributed by atoms with Gasteiger partial charge < -0.3 is 14.6 Å². The first-order chi connectivity index (χ1) is 7.81. The Morgan fingerprint density at radius 3 is 2.56 bits per heavy atom. The summed E-state index contributed by atoms with van der Waals surface area (Å²) in [5, 5.41) is 9.07. The van der Waals surface area contributed by atoms with E-state index in [1.54, 1.807) is 0 Å². The molecule has 1 spiro atoms. The van der Waals surface area contributed by atoms with Gasteiger partial charge in [-0.25, -0.2) is 0 Å². The molecule has 1 N–H and O–H groups in total. The van der Waals surface area contributed by atoms with E-state index in [0.29, 0.717) is 0 Å². The van der Waals surface area contributed by atoms with Gasteiger partial charge >= 0.3 is 0 Å². The Morgan fingerprint density at radius 2 is 1.81 bits per heavy atom. The minimum absolute atomic E-state index is 0.0453. The summed E-state index contributed by atoms with van der Waals surface area (Å²) < 4.78 is 11.9. The SMILES string of the molecule is OCc1ccc2c(c1)OC1(CCCCC1)O2. The second-order valence-electron chi connectivity index (χ2n) is 4.61. The van der Waals surface area contributed by atoms with Gasteiger partial charge in [-0.1, -0.05) is 12.5 Å². The highest BCUT2D eigenvalue weighted by molar-refractivity contribution is 5.45. The van der Waals surface area contributed by atoms with Crippen LogP contribution in [0.2, 0.25) is 0 Å². The highest BCUT2D eigenvalue weighted by Crippen LogP contribution is 2.45. The van der Waals surface area contributed by atoms with E-state index in [9.17, 15) is 0 Å². The van der Waals surface area contributed by atoms with Crippen LogP contribution in [-0.2, 0) is 6.61 Å². The van der Waals surface area contributed by atoms with Crippen molar-refractivity contribution in [2.75, 3.05) is 0 Å². The molecule has 3 rings (SSSR count). The standard InChI is InChI=1S/C13H16O3/c14-9-10-4-5-11-12(8-10)16-13(15-11)6-2-1-3-7-13/h4-5,8,14H,1-3,6-7,9H2. The molecule has 1 saturated carbocycles. The molecule has 0 unspecified atom stereocenters. The summed E-state index contributed by atoms with van der Waals surface area (Å²) in [6.07, 6.45) is 5.54. The van der Waals surface area contributed by atoms with Gasteiger partial charge in [-0.3, -0.25) is 0 Å². The van der Waals surface area contributed by atoms with Gasteiger partial charge in [0.1, 0.15) is 0 Å². The number of hydrogen-bond donors (Lipinski definition) is 1. The fourth-order valence-corrected chi connectivity index (χ4v) is 2.53. The number of aliphatic hydroxyl groups is 1. The highest BCUT2D eigenvalue weighted by Gasteiger charge is 2.42. The van der Waals surface area contributed by atoms with Crippen molar-refractivity contribution in [3.05, 3.63) is 23.8 Å². The first-order valence-corrected chi connectivity index (χ1v) is 5.93. The second-order valence-corrected chi connectivity index (χ2v) is 4.61. The van der Waals surface area contributed by atoms with Crippen molar-refractivity contribution >= 4 is 0 Å². The molecule has 3 nitrogen and oxygen atoms in total. The Balaban J connectivity index is 1.87. The molecule has 2 aliphatic rings. The summed E-state index contributed by atoms with van der Waals surface area (Å²) >= 11 is 0. The lowest BCUT2D eigenvalue weighted by Crippen LogP contribution is -2.40. The molecule has 1 aliphatic heterocycles. The van der Waals surface area contributed by atoms with Gasteiger partial charge in [0, 0.05) is 12.8 Å². The normalized spacial score (nSPS) is 21.3. The fraction of sp³-hybridized carbons (Fsp3) is 0.538. The molecule has 16 heavy (non-hydrogen) atoms. The summed E-state index contributed by atoms with van der Waals surface area (Å²) in [4.78, 5) is 0. The smallest absolute Gasteiger partial charge is 0.251 e. The van der Waals surface area contributed by atoms with Crippen LogP contribution < -0.4 is 9.47 Å². The van der Waals surface area contributed by atoms with Crippen molar-refractivity contribution in [2.45, 2.75) is 44.5 Å². The van der Waals surface area contributed by atoms with Crippen molar-refractivity contribution in [2.24, 2.45) is 0 Å². The number of rotatable bonds is 1. The zero-order chi connectivity index (χ0) is 11.0. The van der Waals surface area contributed by atoms with Crippen LogP contribution in [0.3, 0.4) is 0 Å². The lowest BCUT2D eigenvalue weighted by atomic mass is 9.94. The van der Waals surface area contributed by atoms with E-state index < -0.39 is 5.79 Å². The molecule has 0 bridgehead atoms. The molecule has 0 atom stereocenters. The Morgan fingerprint density at radius 1 is 1.06 bits per heavy atom. The van der Waals surface area contributed by atoms with Crippen LogP contribution in [0.4, 0.5) is 0 Å². The maximum absolute atomic E-state index is 9.07. The van der Waals surface area contributed by atoms with E-state index in [-0.39, 0.29) is 6.61 Å². The molecule has 0 radical (unpaired) electrons. The van der Waals surface area contributed by atoms with Gasteiger partial charge in [0.25, 0.3) is 5.79 Å². The lowest BCUT2D eigenvalue weighted by molar-refractivity contribution is -0.105. The first-order valence-electron chi connectivity index (χ1n) is 5.93. The van der Waals surface area contributed by atoms with E-state index in [0.717, 1.165) is 29.9 Å². The van der Waals surface area contributed by atoms with Crippen LogP contribution in [0.25, 0.3) is 0 Å². The zero-order valence-corrected chi connectivity index (χ0v) is 9.24. The molecule has 86 valence electrons. The minimum atomic E-state index is -0.408. The van der Waals surface area contributed by atoms with Gasteiger partial charge in [-0.2, -0.15) is 0 Å². The predicted molar refractivity (Wildman–Crippen MR) is 59.4 cm³/mol. The van der Waals surface area contributed by atoms with Crippen molar-refractivity contribution < 1.29 is 14.6 Å². The van der Waals surface area contributed by atoms with Gasteiger partial charge in [-0.15, -0.1) is 0 Å². The Kier molecular flexibility index (Phi) is 2.28. The minimum Gasteiger partial charge on any atom is -0.448 e. The number of aliphatic hydroxyl groups excluding tert-OH is 1. The molecule has 0 aromatic heterocycles. The maximum atomic E-state index is 9.07. The maximum Gasteiger partial charge on any atom is 0.251 e. The topological polar surface area (TPSA) is 38.7 Å². The molecule has 1 heterocycles. The molecule has 1 aromatic carbocycles. The van der Waals surface area contributed by atoms with Gasteiger partial charge in [0.2, 0.25) is 0 Å². The highest BCUT2D eigenvalue weighted by atomic mass is 16.7. The Bertz CT molecular complexity index is 394. The molecule has 1 aliphatic carbocycles. The van der Waals surface area contributed by atoms with E-state index in [1.807, 2.05) is 18.2 Å². The first kappa shape index (κ1) is 9.97. The van der Waals surface area contributed by atoms with Crippen LogP contribution in [0, 0.1) is 0 Å². The van der Waals surface area contributed by atoms with Gasteiger partial charge in [-0.05, 0) is 30.5 Å². The second kappa shape index (κ2) is 3.67. The summed E-state index contributed by atoms with van der Waals surface area (Å²) in [6, 6.07) is 5.65. The molecular formula is C13H16O3. The molecule has 0 saturated heterocycles. The van der Waals surface area contributed by atoms with E-state index in [2.05, 4.69) is 0 Å². The number of fused-ring (bicyclic) bond motifs is 1. The lowest BCUT2D eigenvalue weighted by Gasteiger charge is -2.31. The van der Waals surface area contributed by atoms with Crippen LogP contribution in [-0.4, -0.2) is 10.9 Å². The average molecular weight is 220 g/mol. The third-order valence-electron chi connectivity index (χ3n) is 3.40. The van der Waals surface area contributed by atoms with Crippen LogP contribution in [0.1, 0.15) is 37.7 Å². The number of benzene rings is 1. The summed E-state index contributed by atoms with van der Waals surface area (Å²) in [5.41, 5.74) is 0.871. The summed E-state index contributed by atoms with van der Waals surface area (Å²) in [7, 11) is 0. The third kappa shape index (κ3) is 1.55. The quantitative estimate of drug-likeness (QED) is 0.790. The van der Waals surface area contributed by atoms with E-state index in [4.69, 9.17) is 14.6 Å². The van der Waals surface area contributed by atoms with E-state index in [1.165, 1.54) is 19.3 Å². The van der Waals surface area contributed by atoms with Gasteiger partial charge in [0.05, 0.1) is 6.61 Å². The predicted octanol–water partition coefficient (Wildman–Crippen LogP) is 2.61. The molecule has 1 aromatic rings. The van der Waals surface area contributed by atoms with Crippen molar-refractivity contribution in [1.29, 1.82) is 0 Å². The largest absolute Gasteiger partial charge is 0.448 e. The third-order valence-corrected chi connectivity index (χ3v) is 3.40. The molecule has 1 fully saturated rings. The fourth-order valence-electron chi connectivity index (χ4n) is 2.53. The van der Waals surface area contributed by atoms with Crippen molar-refractivity contribution in [3.8, 4) is 11.5 Å². The molecule has 0 amide bonds. The van der Waals surface area contributed by atoms with Crippen LogP contribution >= 0.6 is 0 Å². The van der Waals surface area contributed by atoms with Crippen molar-refractivity contribution in [1.82, 2.24) is 0 Å². The number of hydrogen-bond acceptors (Lipinski definition) is 3. The number of ether oxygens (including phenoxy) is 2.